The second kappa shape index (κ2) is 10.5. The molecular weight excluding hydrogens is 366 g/mol. The number of thioether (sulfide) groups is 1. The molecule has 1 fully saturated rings. The second-order valence-electron chi connectivity index (χ2n) is 5.52. The van der Waals surface area contributed by atoms with Gasteiger partial charge in [0.1, 0.15) is 18.5 Å². The van der Waals surface area contributed by atoms with E-state index in [9.17, 15) is 9.59 Å². The van der Waals surface area contributed by atoms with Gasteiger partial charge in [0.15, 0.2) is 0 Å². The largest absolute Gasteiger partial charge is 0.489 e. The monoisotopic (exact) mass is 387 g/mol. The standard InChI is InChI=1S/C16H22ClN3O4S/c1-12(21)19-11-25-5-2-16(22)20-3-4-23-15(9-20)10-24-14-6-13(17)7-18-8-14/h6-8,15H,2-5,9-11H2,1H3,(H,19,21). The molecule has 0 aliphatic carbocycles. The van der Waals surface area contributed by atoms with E-state index in [0.29, 0.717) is 55.1 Å². The van der Waals surface area contributed by atoms with E-state index in [1.807, 2.05) is 0 Å². The molecule has 0 spiro atoms. The van der Waals surface area contributed by atoms with Crippen LogP contribution in [-0.4, -0.2) is 65.7 Å². The Hall–Kier alpha value is -1.51. The zero-order chi connectivity index (χ0) is 18.1. The van der Waals surface area contributed by atoms with Crippen molar-refractivity contribution in [3.8, 4) is 5.75 Å². The highest BCUT2D eigenvalue weighted by atomic mass is 35.5. The predicted octanol–water partition coefficient (Wildman–Crippen LogP) is 1.56. The number of amides is 2. The van der Waals surface area contributed by atoms with Gasteiger partial charge in [-0.2, -0.15) is 0 Å². The quantitative estimate of drug-likeness (QED) is 0.538. The molecule has 2 rings (SSSR count). The molecule has 0 saturated carbocycles. The van der Waals surface area contributed by atoms with Gasteiger partial charge in [-0.05, 0) is 0 Å². The summed E-state index contributed by atoms with van der Waals surface area (Å²) in [5.41, 5.74) is 0. The van der Waals surface area contributed by atoms with Crippen molar-refractivity contribution in [1.29, 1.82) is 0 Å². The Balaban J connectivity index is 1.68. The van der Waals surface area contributed by atoms with Gasteiger partial charge in [-0.3, -0.25) is 14.6 Å². The highest BCUT2D eigenvalue weighted by Gasteiger charge is 2.24. The lowest BCUT2D eigenvalue weighted by atomic mass is 10.2. The summed E-state index contributed by atoms with van der Waals surface area (Å²) in [4.78, 5) is 28.8. The van der Waals surface area contributed by atoms with Crippen molar-refractivity contribution in [2.24, 2.45) is 0 Å². The van der Waals surface area contributed by atoms with Crippen molar-refractivity contribution < 1.29 is 19.1 Å². The summed E-state index contributed by atoms with van der Waals surface area (Å²) < 4.78 is 11.3. The fourth-order valence-corrected chi connectivity index (χ4v) is 3.18. The van der Waals surface area contributed by atoms with Crippen molar-refractivity contribution in [3.05, 3.63) is 23.5 Å². The van der Waals surface area contributed by atoms with E-state index in [4.69, 9.17) is 21.1 Å². The summed E-state index contributed by atoms with van der Waals surface area (Å²) in [7, 11) is 0. The minimum atomic E-state index is -0.177. The van der Waals surface area contributed by atoms with Gasteiger partial charge in [0.2, 0.25) is 11.8 Å². The maximum absolute atomic E-state index is 12.3. The maximum atomic E-state index is 12.3. The summed E-state index contributed by atoms with van der Waals surface area (Å²) in [6.07, 6.45) is 3.39. The number of hydrogen-bond donors (Lipinski definition) is 1. The van der Waals surface area contributed by atoms with Crippen LogP contribution in [0.25, 0.3) is 0 Å². The Bertz CT molecular complexity index is 590. The lowest BCUT2D eigenvalue weighted by Crippen LogP contribution is -2.47. The van der Waals surface area contributed by atoms with Gasteiger partial charge in [-0.1, -0.05) is 11.6 Å². The van der Waals surface area contributed by atoms with Crippen LogP contribution in [0.1, 0.15) is 13.3 Å². The number of rotatable bonds is 8. The lowest BCUT2D eigenvalue weighted by Gasteiger charge is -2.32. The molecule has 1 aromatic rings. The van der Waals surface area contributed by atoms with Crippen LogP contribution in [0.15, 0.2) is 18.5 Å². The number of carbonyl (C=O) groups is 2. The molecule has 0 radical (unpaired) electrons. The molecule has 2 amide bonds. The van der Waals surface area contributed by atoms with Crippen molar-refractivity contribution in [2.45, 2.75) is 19.4 Å². The summed E-state index contributed by atoms with van der Waals surface area (Å²) >= 11 is 7.40. The van der Waals surface area contributed by atoms with E-state index in [2.05, 4.69) is 10.3 Å². The number of hydrogen-bond acceptors (Lipinski definition) is 6. The van der Waals surface area contributed by atoms with Crippen LogP contribution in [-0.2, 0) is 14.3 Å². The van der Waals surface area contributed by atoms with E-state index in [-0.39, 0.29) is 17.9 Å². The first-order valence-corrected chi connectivity index (χ1v) is 9.53. The summed E-state index contributed by atoms with van der Waals surface area (Å²) in [5.74, 6) is 1.80. The first kappa shape index (κ1) is 19.8. The summed E-state index contributed by atoms with van der Waals surface area (Å²) in [5, 5.41) is 3.20. The maximum Gasteiger partial charge on any atom is 0.223 e. The van der Waals surface area contributed by atoms with Crippen LogP contribution in [0.4, 0.5) is 0 Å². The summed E-state index contributed by atoms with van der Waals surface area (Å²) in [6, 6.07) is 1.69. The number of halogens is 1. The zero-order valence-corrected chi connectivity index (χ0v) is 15.6. The third-order valence-electron chi connectivity index (χ3n) is 3.49. The Morgan fingerprint density at radius 1 is 1.52 bits per heavy atom. The SMILES string of the molecule is CC(=O)NCSCCC(=O)N1CCOC(COc2cncc(Cl)c2)C1. The Kier molecular flexibility index (Phi) is 8.30. The number of aromatic nitrogens is 1. The number of pyridine rings is 1. The summed E-state index contributed by atoms with van der Waals surface area (Å²) in [6.45, 7) is 3.39. The predicted molar refractivity (Wildman–Crippen MR) is 96.8 cm³/mol. The molecule has 25 heavy (non-hydrogen) atoms. The molecule has 1 unspecified atom stereocenters. The minimum absolute atomic E-state index is 0.0650. The molecule has 1 aromatic heterocycles. The average Bonchev–Trinajstić information content (AvgIpc) is 2.59. The van der Waals surface area contributed by atoms with Crippen molar-refractivity contribution >= 4 is 35.2 Å². The topological polar surface area (TPSA) is 80.8 Å². The molecule has 7 nitrogen and oxygen atoms in total. The van der Waals surface area contributed by atoms with Gasteiger partial charge >= 0.3 is 0 Å². The molecule has 1 aliphatic heterocycles. The van der Waals surface area contributed by atoms with Crippen molar-refractivity contribution in [1.82, 2.24) is 15.2 Å². The molecular formula is C16H22ClN3O4S. The van der Waals surface area contributed by atoms with Gasteiger partial charge in [-0.15, -0.1) is 11.8 Å². The van der Waals surface area contributed by atoms with Crippen LogP contribution in [0.3, 0.4) is 0 Å². The zero-order valence-electron chi connectivity index (χ0n) is 14.1. The molecule has 0 bridgehead atoms. The number of morpholine rings is 1. The molecule has 1 saturated heterocycles. The molecule has 2 heterocycles. The van der Waals surface area contributed by atoms with Crippen molar-refractivity contribution in [2.75, 3.05) is 37.9 Å². The van der Waals surface area contributed by atoms with Crippen LogP contribution in [0.2, 0.25) is 5.02 Å². The van der Waals surface area contributed by atoms with Crippen LogP contribution in [0.5, 0.6) is 5.75 Å². The van der Waals surface area contributed by atoms with Crippen LogP contribution < -0.4 is 10.1 Å². The first-order chi connectivity index (χ1) is 12.0. The fourth-order valence-electron chi connectivity index (χ4n) is 2.25. The van der Waals surface area contributed by atoms with Crippen LogP contribution >= 0.6 is 23.4 Å². The number of nitrogens with zero attached hydrogens (tertiary/aromatic N) is 2. The number of nitrogens with one attached hydrogen (secondary N) is 1. The lowest BCUT2D eigenvalue weighted by molar-refractivity contribution is -0.139. The minimum Gasteiger partial charge on any atom is -0.489 e. The fraction of sp³-hybridized carbons (Fsp3) is 0.562. The Morgan fingerprint density at radius 3 is 3.12 bits per heavy atom. The molecule has 1 N–H and O–H groups in total. The highest BCUT2D eigenvalue weighted by Crippen LogP contribution is 2.16. The van der Waals surface area contributed by atoms with Gasteiger partial charge in [-0.25, -0.2) is 0 Å². The highest BCUT2D eigenvalue weighted by molar-refractivity contribution is 7.99. The van der Waals surface area contributed by atoms with Crippen LogP contribution in [0, 0.1) is 0 Å². The van der Waals surface area contributed by atoms with E-state index in [1.54, 1.807) is 17.2 Å². The van der Waals surface area contributed by atoms with Gasteiger partial charge in [0, 0.05) is 37.9 Å². The number of carbonyl (C=O) groups excluding carboxylic acids is 2. The molecule has 138 valence electrons. The third-order valence-corrected chi connectivity index (χ3v) is 4.54. The number of ether oxygens (including phenoxy) is 2. The third kappa shape index (κ3) is 7.50. The van der Waals surface area contributed by atoms with Gasteiger partial charge in [0.05, 0.1) is 30.2 Å². The Labute approximate surface area is 156 Å². The van der Waals surface area contributed by atoms with E-state index >= 15 is 0 Å². The average molecular weight is 388 g/mol. The Morgan fingerprint density at radius 2 is 2.36 bits per heavy atom. The van der Waals surface area contributed by atoms with E-state index in [0.717, 1.165) is 0 Å². The van der Waals surface area contributed by atoms with E-state index in [1.165, 1.54) is 24.9 Å². The molecule has 1 atom stereocenters. The van der Waals surface area contributed by atoms with Gasteiger partial charge in [0.25, 0.3) is 0 Å². The molecule has 0 aromatic carbocycles. The first-order valence-electron chi connectivity index (χ1n) is 7.99. The smallest absolute Gasteiger partial charge is 0.223 e. The van der Waals surface area contributed by atoms with E-state index < -0.39 is 0 Å². The molecule has 9 heteroatoms. The molecule has 1 aliphatic rings. The van der Waals surface area contributed by atoms with Gasteiger partial charge < -0.3 is 19.7 Å². The second-order valence-corrected chi connectivity index (χ2v) is 7.06. The normalized spacial score (nSPS) is 17.2. The van der Waals surface area contributed by atoms with Crippen molar-refractivity contribution in [3.63, 3.8) is 0 Å².